The number of fused-ring (bicyclic) bond motifs is 3. The molecule has 0 aliphatic rings. The van der Waals surface area contributed by atoms with Crippen molar-refractivity contribution >= 4 is 16.9 Å². The maximum absolute atomic E-state index is 12.7. The number of nitrogens with zero attached hydrogens (tertiary/aromatic N) is 5. The predicted octanol–water partition coefficient (Wildman–Crippen LogP) is 1.05. The van der Waals surface area contributed by atoms with Gasteiger partial charge in [-0.2, -0.15) is 4.98 Å². The molecule has 0 atom stereocenters. The molecule has 7 nitrogen and oxygen atoms in total. The standard InChI is InChI=1S/C15H19N5O2/c1-5-7-8-19-13(21)11-12(17(4)15(19)22)16-14-18(6-2)10(3)9-20(11)14/h5,7,9H,6,8H2,1-4H3/b7-5+. The predicted molar refractivity (Wildman–Crippen MR) is 85.4 cm³/mol. The van der Waals surface area contributed by atoms with Gasteiger partial charge in [-0.05, 0) is 20.8 Å². The first-order valence-electron chi connectivity index (χ1n) is 7.30. The number of imidazole rings is 2. The van der Waals surface area contributed by atoms with Crippen molar-refractivity contribution in [3.8, 4) is 0 Å². The van der Waals surface area contributed by atoms with E-state index in [4.69, 9.17) is 0 Å². The summed E-state index contributed by atoms with van der Waals surface area (Å²) in [7, 11) is 1.64. The molecule has 3 rings (SSSR count). The number of aromatic nitrogens is 5. The fraction of sp³-hybridized carbons (Fsp3) is 0.400. The van der Waals surface area contributed by atoms with Gasteiger partial charge in [-0.3, -0.25) is 18.3 Å². The summed E-state index contributed by atoms with van der Waals surface area (Å²) in [5.74, 6) is 0.686. The summed E-state index contributed by atoms with van der Waals surface area (Å²) in [5.41, 5.74) is 1.23. The van der Waals surface area contributed by atoms with Gasteiger partial charge in [-0.25, -0.2) is 4.79 Å². The average molecular weight is 301 g/mol. The van der Waals surface area contributed by atoms with Gasteiger partial charge in [0.2, 0.25) is 5.78 Å². The van der Waals surface area contributed by atoms with Crippen molar-refractivity contribution in [1.82, 2.24) is 23.1 Å². The number of rotatable bonds is 3. The molecule has 0 aromatic carbocycles. The minimum atomic E-state index is -0.351. The quantitative estimate of drug-likeness (QED) is 0.679. The van der Waals surface area contributed by atoms with Gasteiger partial charge in [-0.15, -0.1) is 0 Å². The van der Waals surface area contributed by atoms with E-state index in [1.807, 2.05) is 37.6 Å². The Morgan fingerprint density at radius 1 is 1.27 bits per heavy atom. The second-order valence-electron chi connectivity index (χ2n) is 5.30. The highest BCUT2D eigenvalue weighted by Crippen LogP contribution is 2.15. The second-order valence-corrected chi connectivity index (χ2v) is 5.30. The van der Waals surface area contributed by atoms with Gasteiger partial charge in [0.25, 0.3) is 5.56 Å². The molecule has 0 saturated carbocycles. The fourth-order valence-electron chi connectivity index (χ4n) is 2.82. The third kappa shape index (κ3) is 1.78. The largest absolute Gasteiger partial charge is 0.332 e. The number of allylic oxidation sites excluding steroid dienone is 2. The Labute approximate surface area is 126 Å². The molecule has 0 radical (unpaired) electrons. The SMILES string of the molecule is C/C=C/Cn1c(=O)c2c(nc3n(CC)c(C)cn23)n(C)c1=O. The minimum Gasteiger partial charge on any atom is -0.314 e. The molecule has 0 aliphatic heterocycles. The molecule has 3 aromatic rings. The van der Waals surface area contributed by atoms with Crippen LogP contribution in [0, 0.1) is 6.92 Å². The highest BCUT2D eigenvalue weighted by Gasteiger charge is 2.19. The van der Waals surface area contributed by atoms with E-state index in [0.717, 1.165) is 12.2 Å². The van der Waals surface area contributed by atoms with Crippen LogP contribution in [0.4, 0.5) is 0 Å². The fourth-order valence-corrected chi connectivity index (χ4v) is 2.82. The monoisotopic (exact) mass is 301 g/mol. The summed E-state index contributed by atoms with van der Waals surface area (Å²) < 4.78 is 6.46. The molecular formula is C15H19N5O2. The zero-order chi connectivity index (χ0) is 16.0. The van der Waals surface area contributed by atoms with Gasteiger partial charge in [0.05, 0.1) is 0 Å². The van der Waals surface area contributed by atoms with Crippen molar-refractivity contribution in [2.75, 3.05) is 0 Å². The Morgan fingerprint density at radius 2 is 2.00 bits per heavy atom. The highest BCUT2D eigenvalue weighted by atomic mass is 16.2. The molecular weight excluding hydrogens is 282 g/mol. The molecule has 0 fully saturated rings. The van der Waals surface area contributed by atoms with Crippen LogP contribution in [0.1, 0.15) is 19.5 Å². The summed E-state index contributed by atoms with van der Waals surface area (Å²) in [4.78, 5) is 29.6. The molecule has 0 saturated heterocycles. The van der Waals surface area contributed by atoms with Crippen LogP contribution in [0.15, 0.2) is 27.9 Å². The summed E-state index contributed by atoms with van der Waals surface area (Å²) >= 11 is 0. The third-order valence-electron chi connectivity index (χ3n) is 3.98. The van der Waals surface area contributed by atoms with Crippen LogP contribution in [0.3, 0.4) is 0 Å². The zero-order valence-corrected chi connectivity index (χ0v) is 13.2. The van der Waals surface area contributed by atoms with Crippen LogP contribution < -0.4 is 11.2 Å². The van der Waals surface area contributed by atoms with Gasteiger partial charge in [-0.1, -0.05) is 12.2 Å². The van der Waals surface area contributed by atoms with Crippen molar-refractivity contribution in [2.45, 2.75) is 33.9 Å². The number of hydrogen-bond acceptors (Lipinski definition) is 3. The number of hydrogen-bond donors (Lipinski definition) is 0. The van der Waals surface area contributed by atoms with Crippen LogP contribution in [0.25, 0.3) is 16.9 Å². The summed E-state index contributed by atoms with van der Waals surface area (Å²) in [6.45, 7) is 6.88. The van der Waals surface area contributed by atoms with Gasteiger partial charge in [0.1, 0.15) is 0 Å². The third-order valence-corrected chi connectivity index (χ3v) is 3.98. The van der Waals surface area contributed by atoms with Gasteiger partial charge in [0.15, 0.2) is 11.2 Å². The molecule has 0 spiro atoms. The molecule has 22 heavy (non-hydrogen) atoms. The van der Waals surface area contributed by atoms with E-state index in [-0.39, 0.29) is 17.8 Å². The minimum absolute atomic E-state index is 0.263. The van der Waals surface area contributed by atoms with E-state index in [9.17, 15) is 9.59 Å². The summed E-state index contributed by atoms with van der Waals surface area (Å²) in [5, 5.41) is 0. The van der Waals surface area contributed by atoms with Crippen LogP contribution in [-0.2, 0) is 20.1 Å². The Hall–Kier alpha value is -2.57. The first-order chi connectivity index (χ1) is 10.5. The van der Waals surface area contributed by atoms with Gasteiger partial charge < -0.3 is 4.57 Å². The van der Waals surface area contributed by atoms with Crippen molar-refractivity contribution in [1.29, 1.82) is 0 Å². The first kappa shape index (κ1) is 14.4. The molecule has 3 heterocycles. The lowest BCUT2D eigenvalue weighted by Crippen LogP contribution is -2.39. The van der Waals surface area contributed by atoms with Crippen molar-refractivity contribution in [2.24, 2.45) is 7.05 Å². The normalized spacial score (nSPS) is 12.2. The Kier molecular flexibility index (Phi) is 3.27. The van der Waals surface area contributed by atoms with Crippen molar-refractivity contribution < 1.29 is 0 Å². The molecule has 116 valence electrons. The lowest BCUT2D eigenvalue weighted by molar-refractivity contribution is 0.666. The Bertz CT molecular complexity index is 1010. The number of aryl methyl sites for hydroxylation is 3. The summed E-state index contributed by atoms with van der Waals surface area (Å²) in [6, 6.07) is 0. The first-order valence-corrected chi connectivity index (χ1v) is 7.30. The highest BCUT2D eigenvalue weighted by molar-refractivity contribution is 5.75. The van der Waals surface area contributed by atoms with Crippen molar-refractivity contribution in [3.05, 3.63) is 44.9 Å². The lowest BCUT2D eigenvalue weighted by atomic mass is 10.4. The second kappa shape index (κ2) is 5.01. The average Bonchev–Trinajstić information content (AvgIpc) is 2.99. The molecule has 0 aliphatic carbocycles. The van der Waals surface area contributed by atoms with E-state index in [0.29, 0.717) is 16.9 Å². The molecule has 3 aromatic heterocycles. The van der Waals surface area contributed by atoms with E-state index in [2.05, 4.69) is 4.98 Å². The van der Waals surface area contributed by atoms with Crippen LogP contribution >= 0.6 is 0 Å². The molecule has 0 amide bonds. The van der Waals surface area contributed by atoms with Gasteiger partial charge >= 0.3 is 5.69 Å². The van der Waals surface area contributed by atoms with E-state index >= 15 is 0 Å². The molecule has 0 unspecified atom stereocenters. The van der Waals surface area contributed by atoms with E-state index < -0.39 is 0 Å². The topological polar surface area (TPSA) is 66.2 Å². The maximum Gasteiger partial charge on any atom is 0.332 e. The summed E-state index contributed by atoms with van der Waals surface area (Å²) in [6.07, 6.45) is 5.50. The lowest BCUT2D eigenvalue weighted by Gasteiger charge is -2.05. The van der Waals surface area contributed by atoms with E-state index in [1.54, 1.807) is 17.5 Å². The van der Waals surface area contributed by atoms with Crippen LogP contribution in [-0.4, -0.2) is 23.1 Å². The smallest absolute Gasteiger partial charge is 0.314 e. The Balaban J connectivity index is 2.50. The zero-order valence-electron chi connectivity index (χ0n) is 13.2. The van der Waals surface area contributed by atoms with Crippen molar-refractivity contribution in [3.63, 3.8) is 0 Å². The molecule has 0 bridgehead atoms. The Morgan fingerprint density at radius 3 is 2.64 bits per heavy atom. The van der Waals surface area contributed by atoms with Gasteiger partial charge in [0, 0.05) is 32.0 Å². The molecule has 7 heteroatoms. The van der Waals surface area contributed by atoms with Crippen LogP contribution in [0.5, 0.6) is 0 Å². The maximum atomic E-state index is 12.7. The van der Waals surface area contributed by atoms with Crippen LogP contribution in [0.2, 0.25) is 0 Å². The van der Waals surface area contributed by atoms with E-state index in [1.165, 1.54) is 9.13 Å². The molecule has 0 N–H and O–H groups in total.